The van der Waals surface area contributed by atoms with E-state index in [0.29, 0.717) is 18.0 Å². The summed E-state index contributed by atoms with van der Waals surface area (Å²) >= 11 is 5.95. The van der Waals surface area contributed by atoms with E-state index in [1.165, 1.54) is 0 Å². The summed E-state index contributed by atoms with van der Waals surface area (Å²) in [7, 11) is 0. The van der Waals surface area contributed by atoms with Crippen molar-refractivity contribution in [1.82, 2.24) is 5.32 Å². The van der Waals surface area contributed by atoms with Crippen molar-refractivity contribution >= 4 is 17.5 Å². The molecule has 19 heavy (non-hydrogen) atoms. The van der Waals surface area contributed by atoms with Gasteiger partial charge in [-0.15, -0.1) is 0 Å². The fourth-order valence-electron chi connectivity index (χ4n) is 1.81. The number of amides is 1. The Hall–Kier alpha value is -1.06. The predicted molar refractivity (Wildman–Crippen MR) is 78.2 cm³/mol. The number of carbonyl (C=O) groups excluding carboxylic acids is 1. The first kappa shape index (κ1) is 16.0. The van der Waals surface area contributed by atoms with Crippen LogP contribution in [-0.4, -0.2) is 24.2 Å². The Balaban J connectivity index is 2.62. The zero-order valence-electron chi connectivity index (χ0n) is 11.7. The van der Waals surface area contributed by atoms with Gasteiger partial charge in [0.05, 0.1) is 0 Å². The summed E-state index contributed by atoms with van der Waals surface area (Å²) in [5.74, 6) is 0.0682. The van der Waals surface area contributed by atoms with E-state index < -0.39 is 5.41 Å². The van der Waals surface area contributed by atoms with Crippen LogP contribution in [0.5, 0.6) is 0 Å². The highest BCUT2D eigenvalue weighted by atomic mass is 35.5. The molecular formula is C15H22ClNO2. The molecule has 0 saturated carbocycles. The zero-order valence-corrected chi connectivity index (χ0v) is 12.5. The zero-order chi connectivity index (χ0) is 14.5. The second-order valence-electron chi connectivity index (χ2n) is 5.69. The highest BCUT2D eigenvalue weighted by molar-refractivity contribution is 6.30. The number of aliphatic hydroxyl groups excluding tert-OH is 1. The molecule has 1 amide bonds. The summed E-state index contributed by atoms with van der Waals surface area (Å²) in [6.07, 6.45) is 0.632. The van der Waals surface area contributed by atoms with Crippen LogP contribution in [0.3, 0.4) is 0 Å². The van der Waals surface area contributed by atoms with Crippen molar-refractivity contribution in [3.63, 3.8) is 0 Å². The van der Waals surface area contributed by atoms with Gasteiger partial charge in [-0.1, -0.05) is 44.5 Å². The molecule has 1 unspecified atom stereocenters. The third kappa shape index (κ3) is 5.21. The minimum Gasteiger partial charge on any atom is -0.396 e. The molecule has 0 aliphatic rings. The van der Waals surface area contributed by atoms with Crippen LogP contribution in [-0.2, 0) is 11.2 Å². The standard InChI is InChI=1S/C15H22ClNO2/c1-11(10-18)9-17-14(19)15(2,3)8-12-5-4-6-13(16)7-12/h4-7,11,18H,8-10H2,1-3H3,(H,17,19). The molecule has 1 aromatic rings. The first-order chi connectivity index (χ1) is 8.85. The van der Waals surface area contributed by atoms with E-state index in [2.05, 4.69) is 5.32 Å². The van der Waals surface area contributed by atoms with Crippen molar-refractivity contribution in [3.8, 4) is 0 Å². The maximum Gasteiger partial charge on any atom is 0.226 e. The van der Waals surface area contributed by atoms with Crippen molar-refractivity contribution in [2.75, 3.05) is 13.2 Å². The van der Waals surface area contributed by atoms with Gasteiger partial charge in [0.15, 0.2) is 0 Å². The number of hydrogen-bond acceptors (Lipinski definition) is 2. The summed E-state index contributed by atoms with van der Waals surface area (Å²) in [4.78, 5) is 12.1. The van der Waals surface area contributed by atoms with Crippen LogP contribution in [0.1, 0.15) is 26.3 Å². The van der Waals surface area contributed by atoms with Crippen LogP contribution < -0.4 is 5.32 Å². The Morgan fingerprint density at radius 2 is 2.16 bits per heavy atom. The van der Waals surface area contributed by atoms with Crippen molar-refractivity contribution in [2.24, 2.45) is 11.3 Å². The average molecular weight is 284 g/mol. The number of halogens is 1. The first-order valence-electron chi connectivity index (χ1n) is 6.49. The van der Waals surface area contributed by atoms with Crippen molar-refractivity contribution in [1.29, 1.82) is 0 Å². The molecule has 4 heteroatoms. The van der Waals surface area contributed by atoms with Gasteiger partial charge in [-0.05, 0) is 30.0 Å². The second kappa shape index (κ2) is 6.92. The minimum absolute atomic E-state index is 0.00669. The molecule has 0 heterocycles. The maximum atomic E-state index is 12.1. The number of carbonyl (C=O) groups is 1. The first-order valence-corrected chi connectivity index (χ1v) is 6.86. The molecule has 2 N–H and O–H groups in total. The maximum absolute atomic E-state index is 12.1. The van der Waals surface area contributed by atoms with Gasteiger partial charge in [-0.2, -0.15) is 0 Å². The van der Waals surface area contributed by atoms with Crippen LogP contribution in [0.2, 0.25) is 5.02 Å². The van der Waals surface area contributed by atoms with Gasteiger partial charge in [-0.3, -0.25) is 4.79 Å². The molecule has 0 aromatic heterocycles. The fourth-order valence-corrected chi connectivity index (χ4v) is 2.02. The molecule has 1 rings (SSSR count). The van der Waals surface area contributed by atoms with Gasteiger partial charge in [0.2, 0.25) is 5.91 Å². The monoisotopic (exact) mass is 283 g/mol. The Bertz CT molecular complexity index is 432. The van der Waals surface area contributed by atoms with E-state index in [1.807, 2.05) is 45.0 Å². The number of rotatable bonds is 6. The van der Waals surface area contributed by atoms with Crippen LogP contribution >= 0.6 is 11.6 Å². The summed E-state index contributed by atoms with van der Waals surface area (Å²) in [5.41, 5.74) is 0.544. The van der Waals surface area contributed by atoms with Gasteiger partial charge in [-0.25, -0.2) is 0 Å². The molecule has 0 aliphatic carbocycles. The number of nitrogens with one attached hydrogen (secondary N) is 1. The van der Waals surface area contributed by atoms with Crippen LogP contribution in [0.4, 0.5) is 0 Å². The van der Waals surface area contributed by atoms with Gasteiger partial charge in [0.1, 0.15) is 0 Å². The van der Waals surface area contributed by atoms with E-state index >= 15 is 0 Å². The Kier molecular flexibility index (Phi) is 5.83. The Labute approximate surface area is 120 Å². The number of aliphatic hydroxyl groups is 1. The van der Waals surface area contributed by atoms with Crippen LogP contribution in [0.15, 0.2) is 24.3 Å². The molecule has 0 saturated heterocycles. The van der Waals surface area contributed by atoms with Crippen LogP contribution in [0, 0.1) is 11.3 Å². The third-order valence-corrected chi connectivity index (χ3v) is 3.31. The quantitative estimate of drug-likeness (QED) is 0.843. The second-order valence-corrected chi connectivity index (χ2v) is 6.12. The minimum atomic E-state index is -0.500. The molecule has 106 valence electrons. The summed E-state index contributed by atoms with van der Waals surface area (Å²) in [6, 6.07) is 7.56. The molecule has 0 fully saturated rings. The molecule has 1 atom stereocenters. The lowest BCUT2D eigenvalue weighted by Crippen LogP contribution is -2.40. The van der Waals surface area contributed by atoms with E-state index in [9.17, 15) is 4.79 Å². The van der Waals surface area contributed by atoms with E-state index in [-0.39, 0.29) is 18.4 Å². The van der Waals surface area contributed by atoms with Gasteiger partial charge in [0.25, 0.3) is 0 Å². The molecule has 0 radical (unpaired) electrons. The van der Waals surface area contributed by atoms with Crippen LogP contribution in [0.25, 0.3) is 0 Å². The lowest BCUT2D eigenvalue weighted by molar-refractivity contribution is -0.129. The van der Waals surface area contributed by atoms with E-state index in [1.54, 1.807) is 0 Å². The van der Waals surface area contributed by atoms with Crippen molar-refractivity contribution < 1.29 is 9.90 Å². The molecule has 0 bridgehead atoms. The number of hydrogen-bond donors (Lipinski definition) is 2. The Morgan fingerprint density at radius 1 is 1.47 bits per heavy atom. The van der Waals surface area contributed by atoms with Crippen molar-refractivity contribution in [2.45, 2.75) is 27.2 Å². The molecular weight excluding hydrogens is 262 g/mol. The fraction of sp³-hybridized carbons (Fsp3) is 0.533. The highest BCUT2D eigenvalue weighted by Crippen LogP contribution is 2.23. The topological polar surface area (TPSA) is 49.3 Å². The summed E-state index contributed by atoms with van der Waals surface area (Å²) in [5, 5.41) is 12.5. The lowest BCUT2D eigenvalue weighted by Gasteiger charge is -2.24. The predicted octanol–water partition coefficient (Wildman–Crippen LogP) is 2.65. The average Bonchev–Trinajstić information content (AvgIpc) is 2.34. The molecule has 1 aromatic carbocycles. The van der Waals surface area contributed by atoms with Crippen molar-refractivity contribution in [3.05, 3.63) is 34.9 Å². The third-order valence-electron chi connectivity index (χ3n) is 3.07. The van der Waals surface area contributed by atoms with Gasteiger partial charge >= 0.3 is 0 Å². The SMILES string of the molecule is CC(CO)CNC(=O)C(C)(C)Cc1cccc(Cl)c1. The van der Waals surface area contributed by atoms with Gasteiger partial charge < -0.3 is 10.4 Å². The summed E-state index contributed by atoms with van der Waals surface area (Å²) in [6.45, 7) is 6.28. The van der Waals surface area contributed by atoms with Gasteiger partial charge in [0, 0.05) is 23.6 Å². The lowest BCUT2D eigenvalue weighted by atomic mass is 9.84. The Morgan fingerprint density at radius 3 is 2.74 bits per heavy atom. The van der Waals surface area contributed by atoms with E-state index in [4.69, 9.17) is 16.7 Å². The largest absolute Gasteiger partial charge is 0.396 e. The van der Waals surface area contributed by atoms with E-state index in [0.717, 1.165) is 5.56 Å². The normalized spacial score (nSPS) is 13.1. The molecule has 0 spiro atoms. The highest BCUT2D eigenvalue weighted by Gasteiger charge is 2.27. The molecule has 0 aliphatic heterocycles. The summed E-state index contributed by atoms with van der Waals surface area (Å²) < 4.78 is 0. The smallest absolute Gasteiger partial charge is 0.226 e. The molecule has 3 nitrogen and oxygen atoms in total. The number of benzene rings is 1.